The maximum Gasteiger partial charge on any atom is 0.326 e. The summed E-state index contributed by atoms with van der Waals surface area (Å²) >= 11 is 0. The summed E-state index contributed by atoms with van der Waals surface area (Å²) in [6.07, 6.45) is -1.69. The number of carboxylic acid groups (broad SMARTS) is 3. The third-order valence-electron chi connectivity index (χ3n) is 4.63. The van der Waals surface area contributed by atoms with E-state index in [1.54, 1.807) is 27.7 Å². The largest absolute Gasteiger partial charge is 0.481 e. The molecule has 0 aromatic rings. The lowest BCUT2D eigenvalue weighted by Gasteiger charge is -2.26. The minimum Gasteiger partial charge on any atom is -0.481 e. The van der Waals surface area contributed by atoms with Crippen molar-refractivity contribution in [3.8, 4) is 0 Å². The molecule has 0 aliphatic heterocycles. The van der Waals surface area contributed by atoms with Crippen molar-refractivity contribution in [3.05, 3.63) is 0 Å². The van der Waals surface area contributed by atoms with Crippen LogP contribution < -0.4 is 21.7 Å². The molecule has 13 nitrogen and oxygen atoms in total. The van der Waals surface area contributed by atoms with E-state index in [0.29, 0.717) is 0 Å². The van der Waals surface area contributed by atoms with Crippen molar-refractivity contribution in [1.82, 2.24) is 16.0 Å². The van der Waals surface area contributed by atoms with Crippen molar-refractivity contribution in [2.45, 2.75) is 77.5 Å². The Labute approximate surface area is 191 Å². The van der Waals surface area contributed by atoms with Gasteiger partial charge < -0.3 is 37.0 Å². The standard InChI is InChI=1S/C20H34N4O9/c1-9(2)7-12(24-19(31)16(21)10(3)4)17(29)23-13(8-15(27)28)18(30)22-11(20(32)33)5-6-14(25)26/h9-13,16H,5-8,21H2,1-4H3,(H,22,30)(H,23,29)(H,24,31)(H,25,26)(H,27,28)(H,32,33). The van der Waals surface area contributed by atoms with Gasteiger partial charge in [-0.1, -0.05) is 27.7 Å². The van der Waals surface area contributed by atoms with Gasteiger partial charge in [0.15, 0.2) is 0 Å². The number of hydrogen-bond acceptors (Lipinski definition) is 7. The topological polar surface area (TPSA) is 225 Å². The van der Waals surface area contributed by atoms with Crippen molar-refractivity contribution >= 4 is 35.6 Å². The minimum absolute atomic E-state index is 0.0597. The fourth-order valence-corrected chi connectivity index (χ4v) is 2.73. The highest BCUT2D eigenvalue weighted by Gasteiger charge is 2.32. The van der Waals surface area contributed by atoms with E-state index in [2.05, 4.69) is 10.6 Å². The summed E-state index contributed by atoms with van der Waals surface area (Å²) in [7, 11) is 0. The summed E-state index contributed by atoms with van der Waals surface area (Å²) in [4.78, 5) is 70.9. The van der Waals surface area contributed by atoms with Crippen LogP contribution in [0.2, 0.25) is 0 Å². The van der Waals surface area contributed by atoms with Crippen LogP contribution in [0.5, 0.6) is 0 Å². The predicted octanol–water partition coefficient (Wildman–Crippen LogP) is -1.11. The molecule has 0 aliphatic carbocycles. The molecule has 0 aromatic carbocycles. The van der Waals surface area contributed by atoms with E-state index in [1.165, 1.54) is 0 Å². The van der Waals surface area contributed by atoms with Crippen LogP contribution in [-0.4, -0.2) is 75.1 Å². The second-order valence-electron chi connectivity index (χ2n) is 8.45. The molecule has 0 bridgehead atoms. The lowest BCUT2D eigenvalue weighted by molar-refractivity contribution is -0.144. The zero-order valence-corrected chi connectivity index (χ0v) is 19.2. The lowest BCUT2D eigenvalue weighted by atomic mass is 10.00. The van der Waals surface area contributed by atoms with Crippen molar-refractivity contribution in [3.63, 3.8) is 0 Å². The molecule has 0 rings (SSSR count). The van der Waals surface area contributed by atoms with E-state index < -0.39 is 79.1 Å². The molecule has 33 heavy (non-hydrogen) atoms. The normalized spacial score (nSPS) is 14.6. The van der Waals surface area contributed by atoms with Gasteiger partial charge in [-0.3, -0.25) is 24.0 Å². The van der Waals surface area contributed by atoms with Crippen LogP contribution in [0.15, 0.2) is 0 Å². The second-order valence-corrected chi connectivity index (χ2v) is 8.45. The monoisotopic (exact) mass is 474 g/mol. The molecule has 3 amide bonds. The van der Waals surface area contributed by atoms with Crippen LogP contribution in [-0.2, 0) is 28.8 Å². The number of carbonyl (C=O) groups excluding carboxylic acids is 3. The molecule has 0 spiro atoms. The quantitative estimate of drug-likeness (QED) is 0.151. The number of carboxylic acids is 3. The molecule has 4 unspecified atom stereocenters. The summed E-state index contributed by atoms with van der Waals surface area (Å²) in [5.74, 6) is -7.06. The Bertz CT molecular complexity index is 739. The van der Waals surface area contributed by atoms with E-state index in [9.17, 15) is 33.9 Å². The average molecular weight is 475 g/mol. The van der Waals surface area contributed by atoms with Crippen LogP contribution in [0, 0.1) is 11.8 Å². The van der Waals surface area contributed by atoms with Gasteiger partial charge in [0, 0.05) is 6.42 Å². The highest BCUT2D eigenvalue weighted by atomic mass is 16.4. The molecule has 4 atom stereocenters. The number of nitrogens with one attached hydrogen (secondary N) is 3. The maximum atomic E-state index is 12.8. The summed E-state index contributed by atoms with van der Waals surface area (Å²) in [6.45, 7) is 7.02. The van der Waals surface area contributed by atoms with Gasteiger partial charge >= 0.3 is 17.9 Å². The third kappa shape index (κ3) is 11.8. The zero-order chi connectivity index (χ0) is 25.9. The molecule has 0 aliphatic rings. The first-order chi connectivity index (χ1) is 15.1. The van der Waals surface area contributed by atoms with Crippen molar-refractivity contribution < 1.29 is 44.1 Å². The Kier molecular flexibility index (Phi) is 12.7. The van der Waals surface area contributed by atoms with Gasteiger partial charge in [0.2, 0.25) is 17.7 Å². The third-order valence-corrected chi connectivity index (χ3v) is 4.63. The average Bonchev–Trinajstić information content (AvgIpc) is 2.67. The van der Waals surface area contributed by atoms with Gasteiger partial charge in [-0.25, -0.2) is 4.79 Å². The van der Waals surface area contributed by atoms with E-state index in [-0.39, 0.29) is 18.3 Å². The van der Waals surface area contributed by atoms with Crippen molar-refractivity contribution in [2.75, 3.05) is 0 Å². The van der Waals surface area contributed by atoms with Crippen molar-refractivity contribution in [1.29, 1.82) is 0 Å². The molecule has 188 valence electrons. The molecule has 0 saturated carbocycles. The number of aliphatic carboxylic acids is 3. The molecule has 13 heteroatoms. The summed E-state index contributed by atoms with van der Waals surface area (Å²) in [5, 5.41) is 33.8. The molecule has 0 aromatic heterocycles. The van der Waals surface area contributed by atoms with Crippen molar-refractivity contribution in [2.24, 2.45) is 17.6 Å². The molecule has 0 radical (unpaired) electrons. The fraction of sp³-hybridized carbons (Fsp3) is 0.700. The van der Waals surface area contributed by atoms with Crippen LogP contribution in [0.4, 0.5) is 0 Å². The summed E-state index contributed by atoms with van der Waals surface area (Å²) in [6, 6.07) is -5.27. The highest BCUT2D eigenvalue weighted by molar-refractivity contribution is 5.95. The van der Waals surface area contributed by atoms with Gasteiger partial charge in [0.05, 0.1) is 12.5 Å². The molecule has 0 saturated heterocycles. The summed E-state index contributed by atoms with van der Waals surface area (Å²) < 4.78 is 0. The van der Waals surface area contributed by atoms with Gasteiger partial charge in [0.25, 0.3) is 0 Å². The van der Waals surface area contributed by atoms with Crippen LogP contribution in [0.3, 0.4) is 0 Å². The lowest BCUT2D eigenvalue weighted by Crippen LogP contribution is -2.58. The van der Waals surface area contributed by atoms with Crippen LogP contribution in [0.25, 0.3) is 0 Å². The molecule has 0 fully saturated rings. The zero-order valence-electron chi connectivity index (χ0n) is 19.2. The van der Waals surface area contributed by atoms with Gasteiger partial charge in [-0.05, 0) is 24.7 Å². The van der Waals surface area contributed by atoms with Crippen LogP contribution in [0.1, 0.15) is 53.4 Å². The van der Waals surface area contributed by atoms with E-state index in [4.69, 9.17) is 15.9 Å². The first-order valence-electron chi connectivity index (χ1n) is 10.5. The number of carbonyl (C=O) groups is 6. The summed E-state index contributed by atoms with van der Waals surface area (Å²) in [5.41, 5.74) is 5.80. The highest BCUT2D eigenvalue weighted by Crippen LogP contribution is 2.08. The SMILES string of the molecule is CC(C)CC(NC(=O)C(N)C(C)C)C(=O)NC(CC(=O)O)C(=O)NC(CCC(=O)O)C(=O)O. The first-order valence-corrected chi connectivity index (χ1v) is 10.5. The molecule has 8 N–H and O–H groups in total. The molecule has 0 heterocycles. The van der Waals surface area contributed by atoms with Gasteiger partial charge in [0.1, 0.15) is 18.1 Å². The first kappa shape index (κ1) is 29.8. The Morgan fingerprint density at radius 1 is 0.727 bits per heavy atom. The number of hydrogen-bond donors (Lipinski definition) is 7. The smallest absolute Gasteiger partial charge is 0.326 e. The van der Waals surface area contributed by atoms with Gasteiger partial charge in [-0.2, -0.15) is 0 Å². The molecular formula is C20H34N4O9. The van der Waals surface area contributed by atoms with Crippen LogP contribution >= 0.6 is 0 Å². The second kappa shape index (κ2) is 14.0. The Hall–Kier alpha value is -3.22. The molecular weight excluding hydrogens is 440 g/mol. The predicted molar refractivity (Wildman–Crippen MR) is 115 cm³/mol. The van der Waals surface area contributed by atoms with Gasteiger partial charge in [-0.15, -0.1) is 0 Å². The number of rotatable bonds is 15. The number of amides is 3. The Morgan fingerprint density at radius 2 is 1.21 bits per heavy atom. The van der Waals surface area contributed by atoms with E-state index in [0.717, 1.165) is 0 Å². The van der Waals surface area contributed by atoms with E-state index >= 15 is 0 Å². The van der Waals surface area contributed by atoms with E-state index in [1.807, 2.05) is 5.32 Å². The number of nitrogens with two attached hydrogens (primary N) is 1. The maximum absolute atomic E-state index is 12.8. The Balaban J connectivity index is 5.54. The minimum atomic E-state index is -1.66. The Morgan fingerprint density at radius 3 is 1.64 bits per heavy atom. The fourth-order valence-electron chi connectivity index (χ4n) is 2.73.